The van der Waals surface area contributed by atoms with Crippen molar-refractivity contribution < 1.29 is 39.8 Å². The van der Waals surface area contributed by atoms with E-state index in [2.05, 4.69) is 79.9 Å². The Morgan fingerprint density at radius 3 is 1.20 bits per heavy atom. The van der Waals surface area contributed by atoms with Crippen LogP contribution in [0.4, 0.5) is 0 Å². The van der Waals surface area contributed by atoms with E-state index in [0.29, 0.717) is 6.42 Å². The molecule has 7 atom stereocenters. The number of aliphatic hydroxyl groups excluding tert-OH is 5. The van der Waals surface area contributed by atoms with Gasteiger partial charge in [-0.2, -0.15) is 0 Å². The van der Waals surface area contributed by atoms with Gasteiger partial charge in [0, 0.05) is 6.42 Å². The fourth-order valence-electron chi connectivity index (χ4n) is 10.7. The number of unbranched alkanes of at least 4 members (excludes halogenated alkanes) is 39. The molecule has 1 rings (SSSR count). The first-order chi connectivity index (χ1) is 39.3. The quantitative estimate of drug-likeness (QED) is 0.0261. The highest BCUT2D eigenvalue weighted by Crippen LogP contribution is 2.23. The lowest BCUT2D eigenvalue weighted by Gasteiger charge is -2.40. The summed E-state index contributed by atoms with van der Waals surface area (Å²) in [6, 6.07) is -0.827. The summed E-state index contributed by atoms with van der Waals surface area (Å²) >= 11 is 0. The third kappa shape index (κ3) is 48.0. The number of aliphatic hydroxyl groups is 5. The SMILES string of the molecule is CC/C=C\C/C=C\C/C=C\C/C=C\CCCCCCCCCCCCCCCCC(=O)NC(COC1OC(CO)C(O)C(O)C1O)C(O)/C=C/CC/C=C/CCCCCCCCCCCCCCCCCCCCCCCCCC. The number of carbonyl (C=O) groups excluding carboxylic acids is 1. The van der Waals surface area contributed by atoms with Gasteiger partial charge < -0.3 is 40.3 Å². The second kappa shape index (κ2) is 59.8. The first kappa shape index (κ1) is 75.6. The van der Waals surface area contributed by atoms with Crippen molar-refractivity contribution >= 4 is 5.91 Å². The molecule has 0 saturated carbocycles. The zero-order chi connectivity index (χ0) is 57.9. The van der Waals surface area contributed by atoms with Gasteiger partial charge in [0.15, 0.2) is 6.29 Å². The van der Waals surface area contributed by atoms with E-state index in [1.165, 1.54) is 231 Å². The Kier molecular flexibility index (Phi) is 56.5. The molecule has 9 heteroatoms. The number of amides is 1. The maximum absolute atomic E-state index is 13.1. The molecule has 0 aromatic rings. The van der Waals surface area contributed by atoms with Crippen molar-refractivity contribution in [1.29, 1.82) is 0 Å². The van der Waals surface area contributed by atoms with Crippen LogP contribution in [0.1, 0.15) is 316 Å². The summed E-state index contributed by atoms with van der Waals surface area (Å²) in [6.07, 6.45) is 77.2. The Hall–Kier alpha value is -2.37. The summed E-state index contributed by atoms with van der Waals surface area (Å²) in [4.78, 5) is 13.1. The Morgan fingerprint density at radius 2 is 0.787 bits per heavy atom. The van der Waals surface area contributed by atoms with Crippen LogP contribution in [0.25, 0.3) is 0 Å². The Labute approximate surface area is 493 Å². The molecule has 9 nitrogen and oxygen atoms in total. The molecule has 0 bridgehead atoms. The molecule has 1 amide bonds. The van der Waals surface area contributed by atoms with Crippen molar-refractivity contribution in [3.63, 3.8) is 0 Å². The Bertz CT molecular complexity index is 1490. The minimum Gasteiger partial charge on any atom is -0.394 e. The van der Waals surface area contributed by atoms with Crippen molar-refractivity contribution in [2.24, 2.45) is 0 Å². The summed E-state index contributed by atoms with van der Waals surface area (Å²) in [5.74, 6) is -0.186. The lowest BCUT2D eigenvalue weighted by Crippen LogP contribution is -2.60. The topological polar surface area (TPSA) is 149 Å². The Morgan fingerprint density at radius 1 is 0.438 bits per heavy atom. The molecule has 1 saturated heterocycles. The van der Waals surface area contributed by atoms with Gasteiger partial charge in [-0.3, -0.25) is 4.79 Å². The largest absolute Gasteiger partial charge is 0.394 e. The minimum absolute atomic E-state index is 0.186. The molecule has 1 aliphatic rings. The molecule has 1 fully saturated rings. The molecule has 6 N–H and O–H groups in total. The second-order valence-electron chi connectivity index (χ2n) is 23.6. The first-order valence-electron chi connectivity index (χ1n) is 34.2. The van der Waals surface area contributed by atoms with Crippen LogP contribution in [-0.4, -0.2) is 87.5 Å². The van der Waals surface area contributed by atoms with E-state index < -0.39 is 49.5 Å². The van der Waals surface area contributed by atoms with Gasteiger partial charge in [-0.1, -0.05) is 311 Å². The molecule has 0 aromatic carbocycles. The van der Waals surface area contributed by atoms with Crippen LogP contribution in [0.5, 0.6) is 0 Å². The molecule has 0 aliphatic carbocycles. The summed E-state index contributed by atoms with van der Waals surface area (Å²) < 4.78 is 11.3. The minimum atomic E-state index is -1.58. The fourth-order valence-corrected chi connectivity index (χ4v) is 10.7. The van der Waals surface area contributed by atoms with Gasteiger partial charge in [0.25, 0.3) is 0 Å². The maximum Gasteiger partial charge on any atom is 0.220 e. The van der Waals surface area contributed by atoms with Crippen molar-refractivity contribution in [3.05, 3.63) is 72.9 Å². The van der Waals surface area contributed by atoms with Gasteiger partial charge in [0.1, 0.15) is 24.4 Å². The zero-order valence-electron chi connectivity index (χ0n) is 52.1. The van der Waals surface area contributed by atoms with E-state index in [0.717, 1.165) is 64.2 Å². The van der Waals surface area contributed by atoms with Gasteiger partial charge in [0.2, 0.25) is 5.91 Å². The summed E-state index contributed by atoms with van der Waals surface area (Å²) in [7, 11) is 0. The van der Waals surface area contributed by atoms with Gasteiger partial charge in [-0.25, -0.2) is 0 Å². The van der Waals surface area contributed by atoms with Crippen molar-refractivity contribution in [1.82, 2.24) is 5.32 Å². The molecule has 0 aromatic heterocycles. The highest BCUT2D eigenvalue weighted by Gasteiger charge is 2.44. The molecule has 0 radical (unpaired) electrons. The average molecular weight is 1120 g/mol. The molecule has 466 valence electrons. The number of hydrogen-bond acceptors (Lipinski definition) is 8. The number of hydrogen-bond donors (Lipinski definition) is 6. The molecular weight excluding hydrogens is 995 g/mol. The standard InChI is InChI=1S/C71H129NO8/c1-3-5-7-9-11-13-15-17-19-21-23-25-27-29-31-32-33-35-36-38-40-42-44-46-48-50-52-54-56-58-60-65(74)64(63-79-71-70(78)69(77)68(76)66(62-73)80-71)72-67(75)61-59-57-55-53-51-49-47-45-43-41-39-37-34-30-28-26-24-22-20-18-16-14-12-10-8-6-4-2/h6,8,12,14,18,20,24,26,50,52,58,60,64-66,68-71,73-74,76-78H,3-5,7,9-11,13,15-17,19,21-23,25,27-49,51,53-57,59,61-63H2,1-2H3,(H,72,75)/b8-6-,14-12-,20-18-,26-24-,52-50+,60-58+. The van der Waals surface area contributed by atoms with Crippen LogP contribution >= 0.6 is 0 Å². The molecule has 0 spiro atoms. The van der Waals surface area contributed by atoms with Crippen molar-refractivity contribution in [2.45, 2.75) is 358 Å². The molecule has 7 unspecified atom stereocenters. The average Bonchev–Trinajstić information content (AvgIpc) is 3.46. The van der Waals surface area contributed by atoms with Crippen LogP contribution in [0.2, 0.25) is 0 Å². The number of rotatable bonds is 59. The summed E-state index contributed by atoms with van der Waals surface area (Å²) in [5, 5.41) is 54.7. The van der Waals surface area contributed by atoms with Crippen LogP contribution in [0, 0.1) is 0 Å². The lowest BCUT2D eigenvalue weighted by molar-refractivity contribution is -0.302. The van der Waals surface area contributed by atoms with Crippen LogP contribution < -0.4 is 5.32 Å². The second-order valence-corrected chi connectivity index (χ2v) is 23.6. The number of carbonyl (C=O) groups is 1. The van der Waals surface area contributed by atoms with Crippen molar-refractivity contribution in [2.75, 3.05) is 13.2 Å². The highest BCUT2D eigenvalue weighted by molar-refractivity contribution is 5.76. The van der Waals surface area contributed by atoms with E-state index in [1.807, 2.05) is 6.08 Å². The number of allylic oxidation sites excluding steroid dienone is 11. The molecule has 1 aliphatic heterocycles. The number of ether oxygens (including phenoxy) is 2. The van der Waals surface area contributed by atoms with Gasteiger partial charge >= 0.3 is 0 Å². The monoisotopic (exact) mass is 1120 g/mol. The summed E-state index contributed by atoms with van der Waals surface area (Å²) in [6.45, 7) is 3.69. The maximum atomic E-state index is 13.1. The van der Waals surface area contributed by atoms with E-state index in [1.54, 1.807) is 6.08 Å². The number of nitrogens with one attached hydrogen (secondary N) is 1. The van der Waals surface area contributed by atoms with Crippen LogP contribution in [0.3, 0.4) is 0 Å². The third-order valence-electron chi connectivity index (χ3n) is 16.0. The molecular formula is C71H129NO8. The van der Waals surface area contributed by atoms with Crippen LogP contribution in [0.15, 0.2) is 72.9 Å². The van der Waals surface area contributed by atoms with E-state index in [-0.39, 0.29) is 12.5 Å². The van der Waals surface area contributed by atoms with E-state index in [4.69, 9.17) is 9.47 Å². The van der Waals surface area contributed by atoms with E-state index >= 15 is 0 Å². The van der Waals surface area contributed by atoms with E-state index in [9.17, 15) is 30.3 Å². The van der Waals surface area contributed by atoms with Gasteiger partial charge in [-0.05, 0) is 70.6 Å². The Balaban J connectivity index is 2.16. The summed E-state index contributed by atoms with van der Waals surface area (Å²) in [5.41, 5.74) is 0. The predicted octanol–water partition coefficient (Wildman–Crippen LogP) is 18.4. The molecule has 80 heavy (non-hydrogen) atoms. The van der Waals surface area contributed by atoms with Crippen LogP contribution in [-0.2, 0) is 14.3 Å². The van der Waals surface area contributed by atoms with Gasteiger partial charge in [-0.15, -0.1) is 0 Å². The fraction of sp³-hybridized carbons (Fsp3) is 0.817. The van der Waals surface area contributed by atoms with Crippen molar-refractivity contribution in [3.8, 4) is 0 Å². The third-order valence-corrected chi connectivity index (χ3v) is 16.0. The first-order valence-corrected chi connectivity index (χ1v) is 34.2. The smallest absolute Gasteiger partial charge is 0.220 e. The highest BCUT2D eigenvalue weighted by atomic mass is 16.7. The predicted molar refractivity (Wildman–Crippen MR) is 341 cm³/mol. The van der Waals surface area contributed by atoms with Gasteiger partial charge in [0.05, 0.1) is 25.4 Å². The zero-order valence-corrected chi connectivity index (χ0v) is 52.1. The molecule has 1 heterocycles. The normalized spacial score (nSPS) is 18.9. The lowest BCUT2D eigenvalue weighted by atomic mass is 9.99.